The number of amides is 1. The maximum atomic E-state index is 12.1. The average molecular weight is 310 g/mol. The minimum atomic E-state index is 0.0451. The predicted octanol–water partition coefficient (Wildman–Crippen LogP) is 3.78. The van der Waals surface area contributed by atoms with Crippen LogP contribution in [0.2, 0.25) is 0 Å². The van der Waals surface area contributed by atoms with Crippen LogP contribution in [-0.4, -0.2) is 17.9 Å². The normalized spacial score (nSPS) is 10.2. The van der Waals surface area contributed by atoms with E-state index in [1.54, 1.807) is 16.2 Å². The molecule has 1 aromatic heterocycles. The summed E-state index contributed by atoms with van der Waals surface area (Å²) in [5.41, 5.74) is 1.88. The lowest BCUT2D eigenvalue weighted by Gasteiger charge is -2.16. The van der Waals surface area contributed by atoms with Crippen LogP contribution >= 0.6 is 27.3 Å². The fourth-order valence-electron chi connectivity index (χ4n) is 1.54. The highest BCUT2D eigenvalue weighted by atomic mass is 79.9. The lowest BCUT2D eigenvalue weighted by Crippen LogP contribution is -2.25. The van der Waals surface area contributed by atoms with Crippen LogP contribution in [0.3, 0.4) is 0 Å². The summed E-state index contributed by atoms with van der Waals surface area (Å²) >= 11 is 5.00. The number of rotatable bonds is 3. The summed E-state index contributed by atoms with van der Waals surface area (Å²) < 4.78 is 0.981. The van der Waals surface area contributed by atoms with Gasteiger partial charge in [-0.3, -0.25) is 4.79 Å². The van der Waals surface area contributed by atoms with Gasteiger partial charge in [0.25, 0.3) is 5.91 Å². The van der Waals surface area contributed by atoms with Gasteiger partial charge >= 0.3 is 0 Å². The van der Waals surface area contributed by atoms with Crippen molar-refractivity contribution in [2.24, 2.45) is 0 Å². The molecule has 17 heavy (non-hydrogen) atoms. The van der Waals surface area contributed by atoms with E-state index in [-0.39, 0.29) is 5.91 Å². The Labute approximate surface area is 113 Å². The van der Waals surface area contributed by atoms with E-state index < -0.39 is 0 Å². The first-order valence-electron chi connectivity index (χ1n) is 5.19. The van der Waals surface area contributed by atoms with Crippen molar-refractivity contribution in [3.63, 3.8) is 0 Å². The van der Waals surface area contributed by atoms with Gasteiger partial charge in [-0.25, -0.2) is 0 Å². The molecule has 0 fully saturated rings. The fraction of sp³-hybridized carbons (Fsp3) is 0.154. The molecule has 2 nitrogen and oxygen atoms in total. The zero-order valence-corrected chi connectivity index (χ0v) is 11.8. The maximum absolute atomic E-state index is 12.1. The summed E-state index contributed by atoms with van der Waals surface area (Å²) in [6.45, 7) is 0.651. The van der Waals surface area contributed by atoms with Crippen molar-refractivity contribution < 1.29 is 4.79 Å². The van der Waals surface area contributed by atoms with E-state index in [4.69, 9.17) is 0 Å². The Morgan fingerprint density at radius 1 is 1.29 bits per heavy atom. The number of halogens is 1. The Bertz CT molecular complexity index is 493. The first kappa shape index (κ1) is 12.3. The molecule has 0 atom stereocenters. The van der Waals surface area contributed by atoms with Crippen LogP contribution in [0.15, 0.2) is 45.6 Å². The van der Waals surface area contributed by atoms with E-state index in [0.29, 0.717) is 12.1 Å². The summed E-state index contributed by atoms with van der Waals surface area (Å²) in [6.07, 6.45) is 0. The van der Waals surface area contributed by atoms with E-state index in [1.807, 2.05) is 42.8 Å². The fourth-order valence-corrected chi connectivity index (χ4v) is 2.47. The molecule has 0 aliphatic carbocycles. The molecule has 0 saturated heterocycles. The van der Waals surface area contributed by atoms with Crippen molar-refractivity contribution in [1.29, 1.82) is 0 Å². The largest absolute Gasteiger partial charge is 0.337 e. The van der Waals surface area contributed by atoms with E-state index in [2.05, 4.69) is 21.3 Å². The van der Waals surface area contributed by atoms with E-state index >= 15 is 0 Å². The Kier molecular flexibility index (Phi) is 3.97. The highest BCUT2D eigenvalue weighted by molar-refractivity contribution is 9.10. The summed E-state index contributed by atoms with van der Waals surface area (Å²) in [4.78, 5) is 13.8. The Morgan fingerprint density at radius 2 is 2.00 bits per heavy atom. The lowest BCUT2D eigenvalue weighted by atomic mass is 10.2. The molecule has 0 spiro atoms. The number of benzene rings is 1. The van der Waals surface area contributed by atoms with Gasteiger partial charge in [0.05, 0.1) is 0 Å². The number of hydrogen-bond acceptors (Lipinski definition) is 2. The summed E-state index contributed by atoms with van der Waals surface area (Å²) in [6, 6.07) is 9.46. The van der Waals surface area contributed by atoms with Crippen LogP contribution < -0.4 is 0 Å². The van der Waals surface area contributed by atoms with Gasteiger partial charge < -0.3 is 4.90 Å². The van der Waals surface area contributed by atoms with Crippen LogP contribution in [0.4, 0.5) is 0 Å². The molecular formula is C13H12BrNOS. The monoisotopic (exact) mass is 309 g/mol. The Hall–Kier alpha value is -1.13. The minimum absolute atomic E-state index is 0.0451. The van der Waals surface area contributed by atoms with Crippen molar-refractivity contribution >= 4 is 33.2 Å². The molecule has 0 aliphatic heterocycles. The van der Waals surface area contributed by atoms with Gasteiger partial charge in [0.15, 0.2) is 0 Å². The zero-order chi connectivity index (χ0) is 12.3. The topological polar surface area (TPSA) is 20.3 Å². The summed E-state index contributed by atoms with van der Waals surface area (Å²) in [7, 11) is 1.82. The van der Waals surface area contributed by atoms with Gasteiger partial charge in [-0.1, -0.05) is 15.9 Å². The summed E-state index contributed by atoms with van der Waals surface area (Å²) in [5, 5.41) is 4.08. The first-order chi connectivity index (χ1) is 8.16. The van der Waals surface area contributed by atoms with E-state index in [0.717, 1.165) is 4.47 Å². The number of carbonyl (C=O) groups excluding carboxylic acids is 1. The molecule has 2 rings (SSSR count). The van der Waals surface area contributed by atoms with E-state index in [9.17, 15) is 4.79 Å². The second-order valence-corrected chi connectivity index (χ2v) is 5.50. The van der Waals surface area contributed by atoms with Crippen LogP contribution in [0, 0.1) is 0 Å². The molecule has 0 radical (unpaired) electrons. The van der Waals surface area contributed by atoms with Gasteiger partial charge in [0.1, 0.15) is 0 Å². The van der Waals surface area contributed by atoms with Crippen LogP contribution in [0.25, 0.3) is 0 Å². The quantitative estimate of drug-likeness (QED) is 0.845. The molecular weight excluding hydrogens is 298 g/mol. The second kappa shape index (κ2) is 5.47. The van der Waals surface area contributed by atoms with Crippen molar-refractivity contribution in [3.05, 3.63) is 56.7 Å². The number of carbonyl (C=O) groups is 1. The third kappa shape index (κ3) is 3.17. The smallest absolute Gasteiger partial charge is 0.253 e. The molecule has 1 amide bonds. The molecule has 4 heteroatoms. The molecule has 2 aromatic rings. The van der Waals surface area contributed by atoms with Crippen molar-refractivity contribution in [3.8, 4) is 0 Å². The zero-order valence-electron chi connectivity index (χ0n) is 9.39. The average Bonchev–Trinajstić information content (AvgIpc) is 2.82. The molecule has 0 bridgehead atoms. The van der Waals surface area contributed by atoms with Gasteiger partial charge in [-0.15, -0.1) is 0 Å². The van der Waals surface area contributed by atoms with Crippen LogP contribution in [0.1, 0.15) is 15.9 Å². The van der Waals surface area contributed by atoms with Crippen LogP contribution in [0.5, 0.6) is 0 Å². The van der Waals surface area contributed by atoms with Crippen LogP contribution in [-0.2, 0) is 6.54 Å². The second-order valence-electron chi connectivity index (χ2n) is 3.80. The van der Waals surface area contributed by atoms with Crippen molar-refractivity contribution in [2.45, 2.75) is 6.54 Å². The minimum Gasteiger partial charge on any atom is -0.337 e. The third-order valence-electron chi connectivity index (χ3n) is 2.44. The predicted molar refractivity (Wildman–Crippen MR) is 74.3 cm³/mol. The SMILES string of the molecule is CN(Cc1ccsc1)C(=O)c1ccc(Br)cc1. The lowest BCUT2D eigenvalue weighted by molar-refractivity contribution is 0.0785. The van der Waals surface area contributed by atoms with Gasteiger partial charge in [-0.05, 0) is 46.7 Å². The Morgan fingerprint density at radius 3 is 2.59 bits per heavy atom. The number of thiophene rings is 1. The molecule has 0 aliphatic rings. The van der Waals surface area contributed by atoms with E-state index in [1.165, 1.54) is 5.56 Å². The van der Waals surface area contributed by atoms with Gasteiger partial charge in [0, 0.05) is 23.6 Å². The van der Waals surface area contributed by atoms with Crippen molar-refractivity contribution in [1.82, 2.24) is 4.90 Å². The van der Waals surface area contributed by atoms with Gasteiger partial charge in [-0.2, -0.15) is 11.3 Å². The third-order valence-corrected chi connectivity index (χ3v) is 3.70. The number of nitrogens with zero attached hydrogens (tertiary/aromatic N) is 1. The Balaban J connectivity index is 2.07. The van der Waals surface area contributed by atoms with Gasteiger partial charge in [0.2, 0.25) is 0 Å². The highest BCUT2D eigenvalue weighted by Crippen LogP contribution is 2.14. The molecule has 0 N–H and O–H groups in total. The van der Waals surface area contributed by atoms with Crippen molar-refractivity contribution in [2.75, 3.05) is 7.05 Å². The highest BCUT2D eigenvalue weighted by Gasteiger charge is 2.11. The summed E-state index contributed by atoms with van der Waals surface area (Å²) in [5.74, 6) is 0.0451. The molecule has 0 unspecified atom stereocenters. The molecule has 88 valence electrons. The first-order valence-corrected chi connectivity index (χ1v) is 6.92. The molecule has 1 aromatic carbocycles. The maximum Gasteiger partial charge on any atom is 0.253 e. The molecule has 1 heterocycles. The molecule has 0 saturated carbocycles. The standard InChI is InChI=1S/C13H12BrNOS/c1-15(8-10-6-7-17-9-10)13(16)11-2-4-12(14)5-3-11/h2-7,9H,8H2,1H3. The number of hydrogen-bond donors (Lipinski definition) is 0.